The first kappa shape index (κ1) is 5.44. The highest BCUT2D eigenvalue weighted by Crippen LogP contribution is 1.96. The third kappa shape index (κ3) is 137. The summed E-state index contributed by atoms with van der Waals surface area (Å²) in [4.78, 5) is 0. The van der Waals surface area contributed by atoms with Crippen molar-refractivity contribution in [3.05, 3.63) is 0 Å². The Balaban J connectivity index is 3.02. The standard InChI is InChI=1S/C3H9BrN/c1-5(2,3)4/h1-3H3/q+1. The number of rotatable bonds is 0. The molecule has 0 radical (unpaired) electrons. The second-order valence-corrected chi connectivity index (χ2v) is 3.98. The highest BCUT2D eigenvalue weighted by atomic mass is 79.9. The summed E-state index contributed by atoms with van der Waals surface area (Å²) >= 11 is 3.31. The van der Waals surface area contributed by atoms with Gasteiger partial charge in [0.15, 0.2) is 0 Å². The second-order valence-electron chi connectivity index (χ2n) is 1.85. The van der Waals surface area contributed by atoms with E-state index in [0.29, 0.717) is 0 Å². The lowest BCUT2D eigenvalue weighted by atomic mass is 11.0. The molecule has 0 atom stereocenters. The first-order valence-corrected chi connectivity index (χ1v) is 2.22. The smallest absolute Gasteiger partial charge is 0.226 e. The predicted molar refractivity (Wildman–Crippen MR) is 27.0 cm³/mol. The molecule has 0 saturated heterocycles. The molecule has 5 heavy (non-hydrogen) atoms. The summed E-state index contributed by atoms with van der Waals surface area (Å²) < 4.78 is 0.812. The molecule has 0 unspecified atom stereocenters. The van der Waals surface area contributed by atoms with Crippen LogP contribution >= 0.6 is 16.1 Å². The van der Waals surface area contributed by atoms with Gasteiger partial charge < -0.3 is 0 Å². The Bertz CT molecular complexity index is 22.4. The van der Waals surface area contributed by atoms with E-state index in [-0.39, 0.29) is 0 Å². The van der Waals surface area contributed by atoms with E-state index in [9.17, 15) is 0 Å². The van der Waals surface area contributed by atoms with Gasteiger partial charge in [0, 0.05) is 0 Å². The van der Waals surface area contributed by atoms with E-state index in [1.165, 1.54) is 0 Å². The first-order valence-electron chi connectivity index (χ1n) is 1.51. The minimum absolute atomic E-state index is 0.812. The maximum atomic E-state index is 3.31. The topological polar surface area (TPSA) is 0 Å². The van der Waals surface area contributed by atoms with E-state index in [2.05, 4.69) is 16.1 Å². The fourth-order valence-corrected chi connectivity index (χ4v) is 0. The summed E-state index contributed by atoms with van der Waals surface area (Å²) in [5, 5.41) is 0. The third-order valence-electron chi connectivity index (χ3n) is 0. The van der Waals surface area contributed by atoms with Crippen molar-refractivity contribution < 1.29 is 3.51 Å². The minimum atomic E-state index is 0.812. The molecule has 2 heteroatoms. The van der Waals surface area contributed by atoms with E-state index in [1.54, 1.807) is 0 Å². The lowest BCUT2D eigenvalue weighted by Crippen LogP contribution is -2.18. The Hall–Kier alpha value is 0.440. The van der Waals surface area contributed by atoms with Gasteiger partial charge in [-0.2, -0.15) is 0 Å². The largest absolute Gasteiger partial charge is 0.263 e. The van der Waals surface area contributed by atoms with Crippen LogP contribution in [0.4, 0.5) is 0 Å². The van der Waals surface area contributed by atoms with Gasteiger partial charge in [0.2, 0.25) is 16.1 Å². The molecule has 0 heterocycles. The average Bonchev–Trinajstić information content (AvgIpc) is 0.722. The van der Waals surface area contributed by atoms with E-state index >= 15 is 0 Å². The molecule has 0 amide bonds. The van der Waals surface area contributed by atoms with Crippen molar-refractivity contribution in [2.24, 2.45) is 0 Å². The van der Waals surface area contributed by atoms with Crippen molar-refractivity contribution >= 4 is 16.1 Å². The molecule has 0 N–H and O–H groups in total. The van der Waals surface area contributed by atoms with Crippen LogP contribution < -0.4 is 0 Å². The normalized spacial score (nSPS) is 12.0. The molecule has 0 spiro atoms. The monoisotopic (exact) mass is 138 g/mol. The van der Waals surface area contributed by atoms with Gasteiger partial charge in [-0.3, -0.25) is 3.51 Å². The van der Waals surface area contributed by atoms with Gasteiger partial charge in [-0.25, -0.2) is 0 Å². The summed E-state index contributed by atoms with van der Waals surface area (Å²) in [5.41, 5.74) is 0. The maximum absolute atomic E-state index is 3.31. The first-order chi connectivity index (χ1) is 2.00. The van der Waals surface area contributed by atoms with Crippen molar-refractivity contribution in [3.8, 4) is 0 Å². The molecule has 0 aliphatic heterocycles. The summed E-state index contributed by atoms with van der Waals surface area (Å²) in [6.45, 7) is 0. The van der Waals surface area contributed by atoms with Gasteiger partial charge in [-0.15, -0.1) is 0 Å². The Labute approximate surface area is 41.5 Å². The van der Waals surface area contributed by atoms with Crippen LogP contribution in [0.5, 0.6) is 0 Å². The van der Waals surface area contributed by atoms with Crippen molar-refractivity contribution in [1.29, 1.82) is 0 Å². The molecule has 0 aromatic heterocycles. The maximum Gasteiger partial charge on any atom is 0.226 e. The van der Waals surface area contributed by atoms with Crippen molar-refractivity contribution in [1.82, 2.24) is 0 Å². The molecule has 0 aliphatic carbocycles. The van der Waals surface area contributed by atoms with Crippen molar-refractivity contribution in [2.45, 2.75) is 0 Å². The summed E-state index contributed by atoms with van der Waals surface area (Å²) in [5.74, 6) is 0. The third-order valence-corrected chi connectivity index (χ3v) is 0. The molecular weight excluding hydrogens is 130 g/mol. The lowest BCUT2D eigenvalue weighted by molar-refractivity contribution is -0.709. The molecule has 0 aromatic carbocycles. The van der Waals surface area contributed by atoms with Crippen molar-refractivity contribution in [3.63, 3.8) is 0 Å². The predicted octanol–water partition coefficient (Wildman–Crippen LogP) is 1.00. The van der Waals surface area contributed by atoms with Gasteiger partial charge in [0.05, 0.1) is 21.1 Å². The van der Waals surface area contributed by atoms with Gasteiger partial charge in [-0.05, 0) is 0 Å². The molecule has 0 fully saturated rings. The molecule has 1 nitrogen and oxygen atoms in total. The van der Waals surface area contributed by atoms with Gasteiger partial charge in [0.1, 0.15) is 0 Å². The number of halogens is 1. The zero-order chi connectivity index (χ0) is 4.50. The van der Waals surface area contributed by atoms with Crippen LogP contribution in [0.3, 0.4) is 0 Å². The number of hydrogen-bond acceptors (Lipinski definition) is 0. The SMILES string of the molecule is C[N+](C)(C)Br. The Morgan fingerprint density at radius 3 is 1.20 bits per heavy atom. The van der Waals surface area contributed by atoms with Crippen molar-refractivity contribution in [2.75, 3.05) is 21.1 Å². The Kier molecular flexibility index (Phi) is 1.38. The number of nitrogens with zero attached hydrogens (tertiary/aromatic N) is 1. The molecular formula is C3H9BrN+. The van der Waals surface area contributed by atoms with E-state index in [0.717, 1.165) is 3.51 Å². The van der Waals surface area contributed by atoms with E-state index in [1.807, 2.05) is 21.1 Å². The summed E-state index contributed by atoms with van der Waals surface area (Å²) in [7, 11) is 6.12. The number of hydrogen-bond donors (Lipinski definition) is 0. The molecule has 0 bridgehead atoms. The van der Waals surface area contributed by atoms with Crippen LogP contribution in [0.1, 0.15) is 0 Å². The summed E-state index contributed by atoms with van der Waals surface area (Å²) in [6, 6.07) is 0. The van der Waals surface area contributed by atoms with Crippen LogP contribution in [0.2, 0.25) is 0 Å². The van der Waals surface area contributed by atoms with Crippen LogP contribution in [0, 0.1) is 0 Å². The van der Waals surface area contributed by atoms with E-state index < -0.39 is 0 Å². The van der Waals surface area contributed by atoms with Gasteiger partial charge >= 0.3 is 0 Å². The lowest BCUT2D eigenvalue weighted by Gasteiger charge is -2.08. The van der Waals surface area contributed by atoms with Crippen LogP contribution in [-0.4, -0.2) is 24.7 Å². The molecule has 0 rings (SSSR count). The molecule has 0 saturated carbocycles. The van der Waals surface area contributed by atoms with E-state index in [4.69, 9.17) is 0 Å². The zero-order valence-electron chi connectivity index (χ0n) is 3.83. The fraction of sp³-hybridized carbons (Fsp3) is 1.00. The van der Waals surface area contributed by atoms with Gasteiger partial charge in [0.25, 0.3) is 0 Å². The molecule has 32 valence electrons. The Morgan fingerprint density at radius 1 is 1.20 bits per heavy atom. The zero-order valence-corrected chi connectivity index (χ0v) is 5.41. The van der Waals surface area contributed by atoms with Gasteiger partial charge in [-0.1, -0.05) is 0 Å². The number of quaternary nitrogens is 1. The minimum Gasteiger partial charge on any atom is -0.263 e. The summed E-state index contributed by atoms with van der Waals surface area (Å²) in [6.07, 6.45) is 0. The van der Waals surface area contributed by atoms with Crippen LogP contribution in [0.25, 0.3) is 0 Å². The molecule has 0 aliphatic rings. The van der Waals surface area contributed by atoms with Crippen LogP contribution in [0.15, 0.2) is 0 Å². The Morgan fingerprint density at radius 2 is 1.20 bits per heavy atom. The van der Waals surface area contributed by atoms with Crippen LogP contribution in [-0.2, 0) is 0 Å². The molecule has 0 aromatic rings. The average molecular weight is 139 g/mol. The second kappa shape index (κ2) is 1.27. The quantitative estimate of drug-likeness (QED) is 0.439. The highest BCUT2D eigenvalue weighted by molar-refractivity contribution is 9.05. The highest BCUT2D eigenvalue weighted by Gasteiger charge is 1.94. The fourth-order valence-electron chi connectivity index (χ4n) is 0.